The molecule has 0 spiro atoms. The van der Waals surface area contributed by atoms with E-state index in [0.717, 1.165) is 25.0 Å². The van der Waals surface area contributed by atoms with Crippen molar-refractivity contribution in [2.45, 2.75) is 31.7 Å². The molecule has 2 aromatic heterocycles. The summed E-state index contributed by atoms with van der Waals surface area (Å²) in [5.74, 6) is -0.0950. The molecule has 0 unspecified atom stereocenters. The number of alkyl halides is 3. The number of nitrogens with two attached hydrogens (primary N) is 1. The number of ether oxygens (including phenoxy) is 1. The first-order valence-electron chi connectivity index (χ1n) is 10.9. The van der Waals surface area contributed by atoms with E-state index in [1.54, 1.807) is 31.4 Å². The van der Waals surface area contributed by atoms with Gasteiger partial charge in [0.2, 0.25) is 0 Å². The van der Waals surface area contributed by atoms with E-state index >= 15 is 0 Å². The predicted molar refractivity (Wildman–Crippen MR) is 123 cm³/mol. The molecule has 1 aliphatic carbocycles. The maximum absolute atomic E-state index is 13.8. The molecule has 0 bridgehead atoms. The zero-order valence-corrected chi connectivity index (χ0v) is 18.6. The fourth-order valence-electron chi connectivity index (χ4n) is 4.16. The summed E-state index contributed by atoms with van der Waals surface area (Å²) in [4.78, 5) is 14.9. The van der Waals surface area contributed by atoms with Crippen molar-refractivity contribution in [3.05, 3.63) is 69.8 Å². The number of pyridine rings is 1. The van der Waals surface area contributed by atoms with E-state index in [0.29, 0.717) is 33.2 Å². The number of aromatic nitrogens is 3. The van der Waals surface area contributed by atoms with Crippen LogP contribution in [0, 0.1) is 11.3 Å². The van der Waals surface area contributed by atoms with Crippen LogP contribution in [0.25, 0.3) is 33.2 Å². The van der Waals surface area contributed by atoms with Crippen molar-refractivity contribution in [3.63, 3.8) is 0 Å². The smallest absolute Gasteiger partial charge is 0.416 e. The average Bonchev–Trinajstić information content (AvgIpc) is 3.56. The minimum absolute atomic E-state index is 0.00892. The molecule has 0 amide bonds. The van der Waals surface area contributed by atoms with Gasteiger partial charge in [-0.2, -0.15) is 23.5 Å². The lowest BCUT2D eigenvalue weighted by atomic mass is 9.94. The second-order valence-corrected chi connectivity index (χ2v) is 8.46. The number of nitriles is 1. The molecule has 1 fully saturated rings. The highest BCUT2D eigenvalue weighted by atomic mass is 19.4. The summed E-state index contributed by atoms with van der Waals surface area (Å²) in [6, 6.07) is 8.96. The molecule has 2 heterocycles. The molecule has 3 N–H and O–H groups in total. The SMILES string of the molecule is Cn1ncc(-c2ccc3c(=O)[nH]cc(CN)c3c2)c1-c1cc(C(F)(F)F)cc(OC2CC2)c1C#N. The first-order chi connectivity index (χ1) is 16.7. The number of nitrogens with zero attached hydrogens (tertiary/aromatic N) is 3. The predicted octanol–water partition coefficient (Wildman–Crippen LogP) is 4.49. The summed E-state index contributed by atoms with van der Waals surface area (Å²) in [5.41, 5.74) is 6.89. The maximum atomic E-state index is 13.8. The van der Waals surface area contributed by atoms with Gasteiger partial charge in [0.1, 0.15) is 17.4 Å². The van der Waals surface area contributed by atoms with Gasteiger partial charge in [-0.05, 0) is 53.6 Å². The molecule has 0 radical (unpaired) electrons. The second kappa shape index (κ2) is 8.29. The standard InChI is InChI=1S/C25H20F3N5O2/c1-33-23(19-7-15(25(26,27)28)8-22(20(19)10-30)35-16-3-4-16)21(12-32-33)13-2-5-17-18(6-13)14(9-29)11-31-24(17)34/h2,5-8,11-12,16H,3-4,9,29H2,1H3,(H,31,34). The number of halogens is 3. The summed E-state index contributed by atoms with van der Waals surface area (Å²) < 4.78 is 48.5. The third kappa shape index (κ3) is 4.04. The Morgan fingerprint density at radius 1 is 1.23 bits per heavy atom. The zero-order valence-electron chi connectivity index (χ0n) is 18.6. The van der Waals surface area contributed by atoms with Crippen LogP contribution in [-0.2, 0) is 19.8 Å². The van der Waals surface area contributed by atoms with E-state index in [-0.39, 0.29) is 35.1 Å². The van der Waals surface area contributed by atoms with Crippen molar-refractivity contribution >= 4 is 10.8 Å². The van der Waals surface area contributed by atoms with Gasteiger partial charge in [0.15, 0.2) is 0 Å². The van der Waals surface area contributed by atoms with E-state index in [1.807, 2.05) is 6.07 Å². The summed E-state index contributed by atoms with van der Waals surface area (Å²) in [5, 5.41) is 15.3. The molecule has 35 heavy (non-hydrogen) atoms. The van der Waals surface area contributed by atoms with Crippen molar-refractivity contribution in [2.75, 3.05) is 0 Å². The zero-order chi connectivity index (χ0) is 24.9. The molecular weight excluding hydrogens is 459 g/mol. The third-order valence-electron chi connectivity index (χ3n) is 6.07. The van der Waals surface area contributed by atoms with Gasteiger partial charge in [-0.1, -0.05) is 6.07 Å². The highest BCUT2D eigenvalue weighted by molar-refractivity contribution is 5.92. The number of aromatic amines is 1. The largest absolute Gasteiger partial charge is 0.489 e. The number of nitrogens with one attached hydrogen (secondary N) is 1. The molecule has 0 atom stereocenters. The lowest BCUT2D eigenvalue weighted by molar-refractivity contribution is -0.137. The Hall–Kier alpha value is -4.10. The molecule has 10 heteroatoms. The molecule has 1 aliphatic rings. The number of aryl methyl sites for hydroxylation is 1. The normalized spacial score (nSPS) is 13.7. The van der Waals surface area contributed by atoms with Crippen LogP contribution in [0.2, 0.25) is 0 Å². The quantitative estimate of drug-likeness (QED) is 0.439. The van der Waals surface area contributed by atoms with Crippen molar-refractivity contribution in [2.24, 2.45) is 12.8 Å². The van der Waals surface area contributed by atoms with Gasteiger partial charge in [0, 0.05) is 36.3 Å². The van der Waals surface area contributed by atoms with E-state index in [9.17, 15) is 23.2 Å². The van der Waals surface area contributed by atoms with Gasteiger partial charge in [-0.15, -0.1) is 0 Å². The van der Waals surface area contributed by atoms with Crippen LogP contribution in [0.4, 0.5) is 13.2 Å². The van der Waals surface area contributed by atoms with E-state index in [1.165, 1.54) is 10.9 Å². The van der Waals surface area contributed by atoms with Gasteiger partial charge in [0.05, 0.1) is 23.6 Å². The van der Waals surface area contributed by atoms with E-state index in [4.69, 9.17) is 10.5 Å². The van der Waals surface area contributed by atoms with Crippen LogP contribution in [0.5, 0.6) is 5.75 Å². The first kappa shape index (κ1) is 22.7. The molecule has 0 aliphatic heterocycles. The summed E-state index contributed by atoms with van der Waals surface area (Å²) in [6.45, 7) is 0.185. The lowest BCUT2D eigenvalue weighted by Gasteiger charge is -2.17. The lowest BCUT2D eigenvalue weighted by Crippen LogP contribution is -2.10. The van der Waals surface area contributed by atoms with Crippen LogP contribution in [-0.4, -0.2) is 20.9 Å². The van der Waals surface area contributed by atoms with Crippen LogP contribution < -0.4 is 16.0 Å². The molecule has 178 valence electrons. The van der Waals surface area contributed by atoms with Gasteiger partial charge in [-0.3, -0.25) is 9.48 Å². The van der Waals surface area contributed by atoms with Gasteiger partial charge < -0.3 is 15.5 Å². The number of fused-ring (bicyclic) bond motifs is 1. The number of hydrogen-bond donors (Lipinski definition) is 2. The van der Waals surface area contributed by atoms with Crippen molar-refractivity contribution < 1.29 is 17.9 Å². The molecule has 7 nitrogen and oxygen atoms in total. The minimum atomic E-state index is -4.64. The van der Waals surface area contributed by atoms with Gasteiger partial charge in [0.25, 0.3) is 5.56 Å². The highest BCUT2D eigenvalue weighted by Gasteiger charge is 2.35. The van der Waals surface area contributed by atoms with E-state index < -0.39 is 11.7 Å². The van der Waals surface area contributed by atoms with Crippen molar-refractivity contribution in [1.29, 1.82) is 5.26 Å². The summed E-state index contributed by atoms with van der Waals surface area (Å²) in [7, 11) is 1.60. The molecule has 0 saturated heterocycles. The van der Waals surface area contributed by atoms with Crippen LogP contribution >= 0.6 is 0 Å². The number of benzene rings is 2. The average molecular weight is 479 g/mol. The van der Waals surface area contributed by atoms with Crippen molar-refractivity contribution in [3.8, 4) is 34.2 Å². The van der Waals surface area contributed by atoms with Crippen LogP contribution in [0.3, 0.4) is 0 Å². The fourth-order valence-corrected chi connectivity index (χ4v) is 4.16. The van der Waals surface area contributed by atoms with Crippen LogP contribution in [0.1, 0.15) is 29.5 Å². The molecule has 2 aromatic carbocycles. The summed E-state index contributed by atoms with van der Waals surface area (Å²) >= 11 is 0. The van der Waals surface area contributed by atoms with E-state index in [2.05, 4.69) is 10.1 Å². The number of hydrogen-bond acceptors (Lipinski definition) is 5. The Kier molecular flexibility index (Phi) is 5.37. The minimum Gasteiger partial charge on any atom is -0.489 e. The fraction of sp³-hybridized carbons (Fsp3) is 0.240. The third-order valence-corrected chi connectivity index (χ3v) is 6.07. The first-order valence-corrected chi connectivity index (χ1v) is 10.9. The second-order valence-electron chi connectivity index (χ2n) is 8.46. The maximum Gasteiger partial charge on any atom is 0.416 e. The van der Waals surface area contributed by atoms with Crippen molar-refractivity contribution in [1.82, 2.24) is 14.8 Å². The Bertz CT molecular complexity index is 1560. The molecular formula is C25H20F3N5O2. The Morgan fingerprint density at radius 3 is 2.66 bits per heavy atom. The Balaban J connectivity index is 1.76. The Morgan fingerprint density at radius 2 is 2.00 bits per heavy atom. The Labute approximate surface area is 197 Å². The van der Waals surface area contributed by atoms with Gasteiger partial charge >= 0.3 is 6.18 Å². The molecule has 5 rings (SSSR count). The number of rotatable bonds is 5. The molecule has 4 aromatic rings. The van der Waals surface area contributed by atoms with Gasteiger partial charge in [-0.25, -0.2) is 0 Å². The molecule has 1 saturated carbocycles. The highest BCUT2D eigenvalue weighted by Crippen LogP contribution is 2.43. The number of H-pyrrole nitrogens is 1. The van der Waals surface area contributed by atoms with Crippen LogP contribution in [0.15, 0.2) is 47.5 Å². The topological polar surface area (TPSA) is 110 Å². The monoisotopic (exact) mass is 479 g/mol. The summed E-state index contributed by atoms with van der Waals surface area (Å²) in [6.07, 6.45) is -0.309.